The van der Waals surface area contributed by atoms with Crippen molar-refractivity contribution >= 4 is 12.2 Å². The van der Waals surface area contributed by atoms with Crippen LogP contribution in [0.25, 0.3) is 0 Å². The summed E-state index contributed by atoms with van der Waals surface area (Å²) in [5.41, 5.74) is 1.14. The summed E-state index contributed by atoms with van der Waals surface area (Å²) in [7, 11) is 0. The number of benzene rings is 1. The average Bonchev–Trinajstić information content (AvgIpc) is 2.98. The van der Waals surface area contributed by atoms with Gasteiger partial charge >= 0.3 is 0 Å². The second kappa shape index (κ2) is 7.03. The van der Waals surface area contributed by atoms with Crippen LogP contribution in [0.4, 0.5) is 0 Å². The van der Waals surface area contributed by atoms with Gasteiger partial charge in [0.15, 0.2) is 0 Å². The summed E-state index contributed by atoms with van der Waals surface area (Å²) in [6, 6.07) is 9.68. The lowest BCUT2D eigenvalue weighted by atomic mass is 10.1. The fourth-order valence-electron chi connectivity index (χ4n) is 3.32. The van der Waals surface area contributed by atoms with Crippen LogP contribution in [-0.4, -0.2) is 60.4 Å². The molecule has 0 aliphatic carbocycles. The molecule has 3 rings (SSSR count). The largest absolute Gasteiger partial charge is 0.378 e. The quantitative estimate of drug-likeness (QED) is 0.781. The predicted octanol–water partition coefficient (Wildman–Crippen LogP) is 1.08. The van der Waals surface area contributed by atoms with Gasteiger partial charge in [-0.25, -0.2) is 0 Å². The lowest BCUT2D eigenvalue weighted by Gasteiger charge is -2.33. The Bertz CT molecular complexity index is 514. The number of hydrogen-bond acceptors (Lipinski definition) is 4. The van der Waals surface area contributed by atoms with E-state index in [9.17, 15) is 9.59 Å². The zero-order chi connectivity index (χ0) is 15.4. The van der Waals surface area contributed by atoms with Gasteiger partial charge in [0.1, 0.15) is 6.29 Å². The van der Waals surface area contributed by atoms with E-state index in [2.05, 4.69) is 4.90 Å². The molecular formula is C17H22N2O3. The SMILES string of the molecule is O=CC1CC[C@@H](C(=O)N2CCOCC2)N1Cc1ccccc1. The van der Waals surface area contributed by atoms with Crippen LogP contribution in [0.1, 0.15) is 18.4 Å². The molecule has 5 nitrogen and oxygen atoms in total. The van der Waals surface area contributed by atoms with Crippen molar-refractivity contribution in [1.82, 2.24) is 9.80 Å². The first kappa shape index (κ1) is 15.2. The van der Waals surface area contributed by atoms with Crippen molar-refractivity contribution in [2.45, 2.75) is 31.5 Å². The normalized spacial score (nSPS) is 26.1. The minimum atomic E-state index is -0.187. The molecule has 22 heavy (non-hydrogen) atoms. The summed E-state index contributed by atoms with van der Waals surface area (Å²) in [6.07, 6.45) is 2.50. The summed E-state index contributed by atoms with van der Waals surface area (Å²) in [5, 5.41) is 0. The summed E-state index contributed by atoms with van der Waals surface area (Å²) in [4.78, 5) is 28.1. The van der Waals surface area contributed by atoms with Crippen molar-refractivity contribution in [2.24, 2.45) is 0 Å². The lowest BCUT2D eigenvalue weighted by Crippen LogP contribution is -2.51. The highest BCUT2D eigenvalue weighted by atomic mass is 16.5. The third kappa shape index (κ3) is 3.20. The van der Waals surface area contributed by atoms with Crippen molar-refractivity contribution in [3.8, 4) is 0 Å². The van der Waals surface area contributed by atoms with Gasteiger partial charge in [0.25, 0.3) is 0 Å². The Morgan fingerprint density at radius 3 is 2.59 bits per heavy atom. The molecule has 1 aromatic carbocycles. The molecule has 0 bridgehead atoms. The van der Waals surface area contributed by atoms with Gasteiger partial charge in [-0.1, -0.05) is 30.3 Å². The average molecular weight is 302 g/mol. The molecule has 2 heterocycles. The van der Waals surface area contributed by atoms with E-state index >= 15 is 0 Å². The van der Waals surface area contributed by atoms with Gasteiger partial charge in [0, 0.05) is 19.6 Å². The van der Waals surface area contributed by atoms with Crippen LogP contribution in [0.3, 0.4) is 0 Å². The van der Waals surface area contributed by atoms with Crippen LogP contribution < -0.4 is 0 Å². The molecule has 1 amide bonds. The molecular weight excluding hydrogens is 280 g/mol. The first-order valence-electron chi connectivity index (χ1n) is 7.91. The van der Waals surface area contributed by atoms with E-state index in [1.807, 2.05) is 35.2 Å². The summed E-state index contributed by atoms with van der Waals surface area (Å²) < 4.78 is 5.31. The van der Waals surface area contributed by atoms with Crippen LogP contribution in [-0.2, 0) is 20.9 Å². The molecule has 2 fully saturated rings. The first-order chi connectivity index (χ1) is 10.8. The number of hydrogen-bond donors (Lipinski definition) is 0. The number of ether oxygens (including phenoxy) is 1. The van der Waals surface area contributed by atoms with E-state index in [1.165, 1.54) is 0 Å². The van der Waals surface area contributed by atoms with Crippen LogP contribution in [0, 0.1) is 0 Å². The Balaban J connectivity index is 1.73. The van der Waals surface area contributed by atoms with Gasteiger partial charge in [-0.15, -0.1) is 0 Å². The summed E-state index contributed by atoms with van der Waals surface area (Å²) >= 11 is 0. The smallest absolute Gasteiger partial charge is 0.240 e. The highest BCUT2D eigenvalue weighted by Gasteiger charge is 2.39. The second-order valence-corrected chi connectivity index (χ2v) is 5.89. The highest BCUT2D eigenvalue weighted by Crippen LogP contribution is 2.27. The Hall–Kier alpha value is -1.72. The number of nitrogens with zero attached hydrogens (tertiary/aromatic N) is 2. The third-order valence-corrected chi connectivity index (χ3v) is 4.54. The number of rotatable bonds is 4. The Labute approximate surface area is 130 Å². The molecule has 118 valence electrons. The molecule has 1 aromatic rings. The molecule has 0 N–H and O–H groups in total. The minimum absolute atomic E-state index is 0.142. The molecule has 2 aliphatic heterocycles. The van der Waals surface area contributed by atoms with Gasteiger partial charge in [-0.3, -0.25) is 9.69 Å². The first-order valence-corrected chi connectivity index (χ1v) is 7.91. The van der Waals surface area contributed by atoms with Crippen LogP contribution >= 0.6 is 0 Å². The van der Waals surface area contributed by atoms with Crippen molar-refractivity contribution in [3.63, 3.8) is 0 Å². The minimum Gasteiger partial charge on any atom is -0.378 e. The lowest BCUT2D eigenvalue weighted by molar-refractivity contribution is -0.141. The number of carbonyl (C=O) groups excluding carboxylic acids is 2. The maximum absolute atomic E-state index is 12.8. The van der Waals surface area contributed by atoms with Crippen LogP contribution in [0.15, 0.2) is 30.3 Å². The third-order valence-electron chi connectivity index (χ3n) is 4.54. The van der Waals surface area contributed by atoms with Crippen molar-refractivity contribution in [1.29, 1.82) is 0 Å². The van der Waals surface area contributed by atoms with Crippen LogP contribution in [0.5, 0.6) is 0 Å². The number of amides is 1. The van der Waals surface area contributed by atoms with E-state index in [1.54, 1.807) is 0 Å². The molecule has 0 spiro atoms. The monoisotopic (exact) mass is 302 g/mol. The standard InChI is InChI=1S/C17H22N2O3/c20-13-15-6-7-16(17(21)18-8-10-22-11-9-18)19(15)12-14-4-2-1-3-5-14/h1-5,13,15-16H,6-12H2/t15?,16-/m0/s1. The van der Waals surface area contributed by atoms with E-state index < -0.39 is 0 Å². The van der Waals surface area contributed by atoms with Gasteiger partial charge in [0.05, 0.1) is 25.3 Å². The highest BCUT2D eigenvalue weighted by molar-refractivity contribution is 5.83. The van der Waals surface area contributed by atoms with Crippen molar-refractivity contribution in [2.75, 3.05) is 26.3 Å². The molecule has 2 atom stereocenters. The Kier molecular flexibility index (Phi) is 4.85. The molecule has 0 saturated carbocycles. The maximum atomic E-state index is 12.8. The topological polar surface area (TPSA) is 49.9 Å². The summed E-state index contributed by atoms with van der Waals surface area (Å²) in [5.74, 6) is 0.142. The van der Waals surface area contributed by atoms with Crippen LogP contribution in [0.2, 0.25) is 0 Å². The molecule has 2 saturated heterocycles. The van der Waals surface area contributed by atoms with Crippen molar-refractivity contribution < 1.29 is 14.3 Å². The fraction of sp³-hybridized carbons (Fsp3) is 0.529. The summed E-state index contributed by atoms with van der Waals surface area (Å²) in [6.45, 7) is 3.16. The van der Waals surface area contributed by atoms with E-state index in [-0.39, 0.29) is 18.0 Å². The molecule has 0 radical (unpaired) electrons. The zero-order valence-corrected chi connectivity index (χ0v) is 12.7. The number of likely N-dealkylation sites (tertiary alicyclic amines) is 1. The van der Waals surface area contributed by atoms with Gasteiger partial charge in [-0.2, -0.15) is 0 Å². The molecule has 5 heteroatoms. The van der Waals surface area contributed by atoms with Gasteiger partial charge in [0.2, 0.25) is 5.91 Å². The van der Waals surface area contributed by atoms with Gasteiger partial charge < -0.3 is 14.4 Å². The fourth-order valence-corrected chi connectivity index (χ4v) is 3.32. The van der Waals surface area contributed by atoms with Gasteiger partial charge in [-0.05, 0) is 18.4 Å². The van der Waals surface area contributed by atoms with E-state index in [4.69, 9.17) is 4.74 Å². The van der Waals surface area contributed by atoms with E-state index in [0.29, 0.717) is 32.8 Å². The predicted molar refractivity (Wildman–Crippen MR) is 82.3 cm³/mol. The molecule has 2 aliphatic rings. The van der Waals surface area contributed by atoms with Crippen molar-refractivity contribution in [3.05, 3.63) is 35.9 Å². The molecule has 1 unspecified atom stereocenters. The number of carbonyl (C=O) groups is 2. The second-order valence-electron chi connectivity index (χ2n) is 5.89. The maximum Gasteiger partial charge on any atom is 0.240 e. The van der Waals surface area contributed by atoms with E-state index in [0.717, 1.165) is 24.7 Å². The number of aldehydes is 1. The Morgan fingerprint density at radius 1 is 1.18 bits per heavy atom. The zero-order valence-electron chi connectivity index (χ0n) is 12.7. The number of morpholine rings is 1. The Morgan fingerprint density at radius 2 is 1.91 bits per heavy atom. The molecule has 0 aromatic heterocycles.